The Morgan fingerprint density at radius 1 is 1.10 bits per heavy atom. The zero-order valence-corrected chi connectivity index (χ0v) is 18.3. The summed E-state index contributed by atoms with van der Waals surface area (Å²) in [7, 11) is 0. The first-order chi connectivity index (χ1) is 15.1. The molecule has 164 valence electrons. The van der Waals surface area contributed by atoms with Gasteiger partial charge in [0.2, 0.25) is 5.91 Å². The highest BCUT2D eigenvalue weighted by Gasteiger charge is 2.32. The van der Waals surface area contributed by atoms with Gasteiger partial charge in [0, 0.05) is 37.3 Å². The molecule has 6 heteroatoms. The van der Waals surface area contributed by atoms with Crippen molar-refractivity contribution >= 4 is 11.8 Å². The number of benzene rings is 2. The molecule has 2 aliphatic rings. The molecule has 2 heterocycles. The van der Waals surface area contributed by atoms with Gasteiger partial charge in [0.1, 0.15) is 13.2 Å². The topological polar surface area (TPSA) is 59.1 Å². The van der Waals surface area contributed by atoms with E-state index in [1.54, 1.807) is 0 Å². The summed E-state index contributed by atoms with van der Waals surface area (Å²) in [5.74, 6) is 1.39. The van der Waals surface area contributed by atoms with Gasteiger partial charge in [-0.15, -0.1) is 0 Å². The van der Waals surface area contributed by atoms with E-state index in [9.17, 15) is 9.59 Å². The highest BCUT2D eigenvalue weighted by atomic mass is 16.6. The number of aryl methyl sites for hydroxylation is 1. The van der Waals surface area contributed by atoms with Crippen molar-refractivity contribution in [3.05, 3.63) is 59.2 Å². The summed E-state index contributed by atoms with van der Waals surface area (Å²) in [5, 5.41) is 0. The van der Waals surface area contributed by atoms with Crippen molar-refractivity contribution in [3.63, 3.8) is 0 Å². The minimum Gasteiger partial charge on any atom is -0.486 e. The van der Waals surface area contributed by atoms with E-state index in [2.05, 4.69) is 0 Å². The fourth-order valence-corrected chi connectivity index (χ4v) is 4.31. The Balaban J connectivity index is 1.45. The lowest BCUT2D eigenvalue weighted by molar-refractivity contribution is -0.137. The summed E-state index contributed by atoms with van der Waals surface area (Å²) in [4.78, 5) is 30.0. The highest BCUT2D eigenvalue weighted by molar-refractivity contribution is 5.94. The summed E-state index contributed by atoms with van der Waals surface area (Å²) < 4.78 is 11.5. The third-order valence-electron chi connectivity index (χ3n) is 6.06. The molecule has 0 aliphatic carbocycles. The van der Waals surface area contributed by atoms with Crippen LogP contribution in [0.1, 0.15) is 41.3 Å². The maximum Gasteiger partial charge on any atom is 0.253 e. The van der Waals surface area contributed by atoms with E-state index in [-0.39, 0.29) is 17.7 Å². The molecule has 1 unspecified atom stereocenters. The lowest BCUT2D eigenvalue weighted by Crippen LogP contribution is -2.46. The number of nitrogens with zero attached hydrogens (tertiary/aromatic N) is 2. The minimum atomic E-state index is -0.181. The summed E-state index contributed by atoms with van der Waals surface area (Å²) in [6.07, 6.45) is 1.64. The first-order valence-electron chi connectivity index (χ1n) is 11.1. The predicted octanol–water partition coefficient (Wildman–Crippen LogP) is 3.67. The Hall–Kier alpha value is -3.02. The molecule has 1 atom stereocenters. The van der Waals surface area contributed by atoms with E-state index >= 15 is 0 Å². The molecule has 0 N–H and O–H groups in total. The fourth-order valence-electron chi connectivity index (χ4n) is 4.31. The normalized spacial score (nSPS) is 17.9. The molecule has 0 bridgehead atoms. The number of amides is 2. The van der Waals surface area contributed by atoms with Crippen LogP contribution in [-0.2, 0) is 11.3 Å². The van der Waals surface area contributed by atoms with Crippen LogP contribution in [0.15, 0.2) is 42.5 Å². The van der Waals surface area contributed by atoms with Gasteiger partial charge in [-0.3, -0.25) is 9.59 Å². The summed E-state index contributed by atoms with van der Waals surface area (Å²) in [6.45, 7) is 7.29. The summed E-state index contributed by atoms with van der Waals surface area (Å²) in [6, 6.07) is 13.4. The van der Waals surface area contributed by atoms with Crippen molar-refractivity contribution < 1.29 is 19.1 Å². The van der Waals surface area contributed by atoms with E-state index in [1.807, 2.05) is 66.1 Å². The molecule has 6 nitrogen and oxygen atoms in total. The van der Waals surface area contributed by atoms with Crippen LogP contribution in [0.4, 0.5) is 0 Å². The Morgan fingerprint density at radius 3 is 2.65 bits per heavy atom. The van der Waals surface area contributed by atoms with Crippen LogP contribution < -0.4 is 9.47 Å². The van der Waals surface area contributed by atoms with Gasteiger partial charge in [0.05, 0.1) is 5.92 Å². The molecule has 2 aliphatic heterocycles. The van der Waals surface area contributed by atoms with E-state index in [1.165, 1.54) is 0 Å². The van der Waals surface area contributed by atoms with Crippen molar-refractivity contribution in [1.82, 2.24) is 9.80 Å². The molecule has 4 rings (SSSR count). The average Bonchev–Trinajstić information content (AvgIpc) is 2.82. The molecular weight excluding hydrogens is 392 g/mol. The first kappa shape index (κ1) is 21.2. The second-order valence-electron chi connectivity index (χ2n) is 8.25. The van der Waals surface area contributed by atoms with Crippen LogP contribution in [0.5, 0.6) is 11.5 Å². The summed E-state index contributed by atoms with van der Waals surface area (Å²) >= 11 is 0. The second-order valence-corrected chi connectivity index (χ2v) is 8.25. The zero-order valence-electron chi connectivity index (χ0n) is 18.3. The number of ether oxygens (including phenoxy) is 2. The maximum absolute atomic E-state index is 13.4. The number of rotatable bonds is 5. The SMILES string of the molecule is CCN(Cc1cccc2c1OCCO2)C(=O)C1CCCN(C(=O)c2ccc(C)cc2)C1. The zero-order chi connectivity index (χ0) is 21.8. The van der Waals surface area contributed by atoms with Crippen LogP contribution in [-0.4, -0.2) is 54.5 Å². The quantitative estimate of drug-likeness (QED) is 0.738. The van der Waals surface area contributed by atoms with Gasteiger partial charge in [-0.05, 0) is 44.9 Å². The smallest absolute Gasteiger partial charge is 0.253 e. The Labute approximate surface area is 183 Å². The number of hydrogen-bond donors (Lipinski definition) is 0. The van der Waals surface area contributed by atoms with Gasteiger partial charge >= 0.3 is 0 Å². The fraction of sp³-hybridized carbons (Fsp3) is 0.440. The highest BCUT2D eigenvalue weighted by Crippen LogP contribution is 2.34. The number of piperidine rings is 1. The molecule has 2 amide bonds. The molecule has 1 fully saturated rings. The second kappa shape index (κ2) is 9.41. The third-order valence-corrected chi connectivity index (χ3v) is 6.06. The number of carbonyl (C=O) groups is 2. The monoisotopic (exact) mass is 422 g/mol. The van der Waals surface area contributed by atoms with Gasteiger partial charge < -0.3 is 19.3 Å². The predicted molar refractivity (Wildman–Crippen MR) is 118 cm³/mol. The molecule has 31 heavy (non-hydrogen) atoms. The molecule has 0 aromatic heterocycles. The van der Waals surface area contributed by atoms with Gasteiger partial charge in [-0.2, -0.15) is 0 Å². The molecule has 0 saturated carbocycles. The van der Waals surface area contributed by atoms with Crippen molar-refractivity contribution in [2.45, 2.75) is 33.2 Å². The largest absolute Gasteiger partial charge is 0.486 e. The Morgan fingerprint density at radius 2 is 1.87 bits per heavy atom. The van der Waals surface area contributed by atoms with Gasteiger partial charge in [0.25, 0.3) is 5.91 Å². The molecule has 1 saturated heterocycles. The van der Waals surface area contributed by atoms with Gasteiger partial charge in [-0.25, -0.2) is 0 Å². The van der Waals surface area contributed by atoms with Gasteiger partial charge in [0.15, 0.2) is 11.5 Å². The van der Waals surface area contributed by atoms with Crippen LogP contribution in [0.3, 0.4) is 0 Å². The minimum absolute atomic E-state index is 0.00299. The van der Waals surface area contributed by atoms with Crippen LogP contribution >= 0.6 is 0 Å². The van der Waals surface area contributed by atoms with E-state index in [0.717, 1.165) is 35.5 Å². The van der Waals surface area contributed by atoms with Crippen molar-refractivity contribution in [3.8, 4) is 11.5 Å². The molecule has 2 aromatic rings. The average molecular weight is 423 g/mol. The van der Waals surface area contributed by atoms with Crippen LogP contribution in [0, 0.1) is 12.8 Å². The van der Waals surface area contributed by atoms with E-state index < -0.39 is 0 Å². The number of likely N-dealkylation sites (tertiary alicyclic amines) is 1. The van der Waals surface area contributed by atoms with E-state index in [4.69, 9.17) is 9.47 Å². The summed E-state index contributed by atoms with van der Waals surface area (Å²) in [5.41, 5.74) is 2.76. The van der Waals surface area contributed by atoms with Crippen molar-refractivity contribution in [1.29, 1.82) is 0 Å². The number of fused-ring (bicyclic) bond motifs is 1. The van der Waals surface area contributed by atoms with Crippen molar-refractivity contribution in [2.24, 2.45) is 5.92 Å². The number of carbonyl (C=O) groups excluding carboxylic acids is 2. The van der Waals surface area contributed by atoms with E-state index in [0.29, 0.717) is 45.0 Å². The maximum atomic E-state index is 13.4. The first-order valence-corrected chi connectivity index (χ1v) is 11.1. The number of para-hydroxylation sites is 1. The molecular formula is C25H30N2O4. The third kappa shape index (κ3) is 4.68. The molecule has 2 aromatic carbocycles. The van der Waals surface area contributed by atoms with Crippen molar-refractivity contribution in [2.75, 3.05) is 32.8 Å². The molecule has 0 radical (unpaired) electrons. The lowest BCUT2D eigenvalue weighted by atomic mass is 9.95. The lowest BCUT2D eigenvalue weighted by Gasteiger charge is -2.35. The standard InChI is InChI=1S/C25H30N2O4/c1-3-26(16-20-6-4-8-22-23(20)31-15-14-30-22)25(29)21-7-5-13-27(17-21)24(28)19-11-9-18(2)10-12-19/h4,6,8-12,21H,3,5,7,13-17H2,1-2H3. The Bertz CT molecular complexity index is 941. The van der Waals surface area contributed by atoms with Gasteiger partial charge in [-0.1, -0.05) is 29.8 Å². The van der Waals surface area contributed by atoms with Crippen LogP contribution in [0.2, 0.25) is 0 Å². The Kier molecular flexibility index (Phi) is 6.44. The van der Waals surface area contributed by atoms with Crippen LogP contribution in [0.25, 0.3) is 0 Å². The number of hydrogen-bond acceptors (Lipinski definition) is 4. The molecule has 0 spiro atoms.